The molecule has 0 aliphatic carbocycles. The molecular weight excluding hydrogens is 210 g/mol. The molecule has 1 atom stereocenters. The second-order valence-electron chi connectivity index (χ2n) is 3.90. The summed E-state index contributed by atoms with van der Waals surface area (Å²) in [6, 6.07) is -0.362. The lowest BCUT2D eigenvalue weighted by molar-refractivity contribution is -0.122. The van der Waals surface area contributed by atoms with E-state index in [0.29, 0.717) is 4.77 Å². The van der Waals surface area contributed by atoms with Crippen LogP contribution in [0.15, 0.2) is 6.20 Å². The van der Waals surface area contributed by atoms with E-state index in [0.717, 1.165) is 12.1 Å². The second-order valence-corrected chi connectivity index (χ2v) is 4.29. The lowest BCUT2D eigenvalue weighted by atomic mass is 10.0. The Hall–Kier alpha value is -1.10. The Morgan fingerprint density at radius 3 is 2.67 bits per heavy atom. The number of H-pyrrole nitrogens is 1. The number of aromatic nitrogens is 2. The molecule has 0 spiro atoms. The zero-order valence-corrected chi connectivity index (χ0v) is 10.1. The van der Waals surface area contributed by atoms with Gasteiger partial charge < -0.3 is 15.3 Å². The summed E-state index contributed by atoms with van der Waals surface area (Å²) < 4.78 is 2.38. The van der Waals surface area contributed by atoms with Gasteiger partial charge in [0.1, 0.15) is 6.04 Å². The highest BCUT2D eigenvalue weighted by atomic mass is 32.1. The van der Waals surface area contributed by atoms with Crippen LogP contribution in [0.4, 0.5) is 0 Å². The predicted molar refractivity (Wildman–Crippen MR) is 62.1 cm³/mol. The van der Waals surface area contributed by atoms with Crippen molar-refractivity contribution in [1.29, 1.82) is 0 Å². The molecule has 1 aromatic heterocycles. The molecule has 0 aliphatic rings. The first-order valence-electron chi connectivity index (χ1n) is 5.07. The van der Waals surface area contributed by atoms with Gasteiger partial charge in [-0.1, -0.05) is 20.8 Å². The fraction of sp³-hybridized carbons (Fsp3) is 0.600. The maximum atomic E-state index is 11.4. The maximum Gasteiger partial charge on any atom is 0.240 e. The summed E-state index contributed by atoms with van der Waals surface area (Å²) in [6.45, 7) is 5.94. The van der Waals surface area contributed by atoms with E-state index in [-0.39, 0.29) is 17.9 Å². The Balaban J connectivity index is 3.27. The van der Waals surface area contributed by atoms with E-state index in [4.69, 9.17) is 18.0 Å². The molecule has 0 bridgehead atoms. The monoisotopic (exact) mass is 227 g/mol. The predicted octanol–water partition coefficient (Wildman–Crippen LogP) is 1.79. The third-order valence-electron chi connectivity index (χ3n) is 2.45. The molecule has 0 fully saturated rings. The number of hydrogen-bond acceptors (Lipinski definition) is 2. The number of aromatic amines is 1. The zero-order chi connectivity index (χ0) is 11.6. The van der Waals surface area contributed by atoms with Gasteiger partial charge in [0.25, 0.3) is 0 Å². The summed E-state index contributed by atoms with van der Waals surface area (Å²) in [6.07, 6.45) is 2.66. The molecular formula is C10H17N3OS. The van der Waals surface area contributed by atoms with E-state index in [1.54, 1.807) is 0 Å². The van der Waals surface area contributed by atoms with E-state index in [1.165, 1.54) is 0 Å². The summed E-state index contributed by atoms with van der Waals surface area (Å²) in [5, 5.41) is 0. The normalized spacial score (nSPS) is 13.1. The summed E-state index contributed by atoms with van der Waals surface area (Å²) in [4.78, 5) is 14.3. The van der Waals surface area contributed by atoms with Gasteiger partial charge in [0, 0.05) is 11.9 Å². The average Bonchev–Trinajstić information content (AvgIpc) is 2.47. The molecule has 1 amide bonds. The number of carbonyl (C=O) groups is 1. The van der Waals surface area contributed by atoms with Gasteiger partial charge in [0.15, 0.2) is 4.77 Å². The van der Waals surface area contributed by atoms with Crippen molar-refractivity contribution in [3.63, 3.8) is 0 Å². The van der Waals surface area contributed by atoms with Gasteiger partial charge in [-0.15, -0.1) is 0 Å². The number of nitrogens with zero attached hydrogens (tertiary/aromatic N) is 1. The molecule has 1 unspecified atom stereocenters. The smallest absolute Gasteiger partial charge is 0.240 e. The van der Waals surface area contributed by atoms with Crippen LogP contribution in [0.3, 0.4) is 0 Å². The quantitative estimate of drug-likeness (QED) is 0.770. The third kappa shape index (κ3) is 2.28. The average molecular weight is 227 g/mol. The molecule has 0 saturated carbocycles. The first-order chi connectivity index (χ1) is 6.99. The minimum Gasteiger partial charge on any atom is -0.368 e. The molecule has 1 rings (SSSR count). The minimum absolute atomic E-state index is 0.135. The highest BCUT2D eigenvalue weighted by molar-refractivity contribution is 7.71. The Morgan fingerprint density at radius 1 is 1.67 bits per heavy atom. The molecule has 0 aromatic carbocycles. The summed E-state index contributed by atoms with van der Waals surface area (Å²) in [7, 11) is 0. The van der Waals surface area contributed by atoms with Gasteiger partial charge in [-0.25, -0.2) is 0 Å². The number of rotatable bonds is 4. The van der Waals surface area contributed by atoms with Crippen LogP contribution in [0.5, 0.6) is 0 Å². The number of primary amides is 1. The first-order valence-corrected chi connectivity index (χ1v) is 5.48. The Labute approximate surface area is 94.5 Å². The van der Waals surface area contributed by atoms with Crippen molar-refractivity contribution in [3.05, 3.63) is 16.7 Å². The molecule has 0 saturated heterocycles. The highest BCUT2D eigenvalue weighted by Crippen LogP contribution is 2.20. The first kappa shape index (κ1) is 12.0. The molecule has 3 N–H and O–H groups in total. The van der Waals surface area contributed by atoms with Crippen LogP contribution in [0.2, 0.25) is 0 Å². The van der Waals surface area contributed by atoms with Crippen LogP contribution in [0, 0.1) is 10.7 Å². The van der Waals surface area contributed by atoms with Crippen LogP contribution in [0.25, 0.3) is 0 Å². The van der Waals surface area contributed by atoms with Gasteiger partial charge in [0.05, 0.1) is 0 Å². The van der Waals surface area contributed by atoms with Crippen molar-refractivity contribution in [2.75, 3.05) is 0 Å². The standard InChI is InChI=1S/C10H17N3OS/c1-4-7-5-12-10(15)13(7)8(6(2)3)9(11)14/h5-6,8H,4H2,1-3H3,(H2,11,14)(H,12,15). The van der Waals surface area contributed by atoms with Gasteiger partial charge in [-0.3, -0.25) is 4.79 Å². The van der Waals surface area contributed by atoms with Crippen molar-refractivity contribution < 1.29 is 4.79 Å². The van der Waals surface area contributed by atoms with Crippen LogP contribution in [-0.2, 0) is 11.2 Å². The molecule has 1 aromatic rings. The lowest BCUT2D eigenvalue weighted by Crippen LogP contribution is -2.31. The number of hydrogen-bond donors (Lipinski definition) is 2. The van der Waals surface area contributed by atoms with Crippen molar-refractivity contribution in [2.45, 2.75) is 33.2 Å². The summed E-state index contributed by atoms with van der Waals surface area (Å²) in [5.41, 5.74) is 6.41. The van der Waals surface area contributed by atoms with Crippen LogP contribution >= 0.6 is 12.2 Å². The third-order valence-corrected chi connectivity index (χ3v) is 2.77. The lowest BCUT2D eigenvalue weighted by Gasteiger charge is -2.21. The summed E-state index contributed by atoms with van der Waals surface area (Å²) in [5.74, 6) is -0.203. The Morgan fingerprint density at radius 2 is 2.27 bits per heavy atom. The molecule has 4 nitrogen and oxygen atoms in total. The van der Waals surface area contributed by atoms with Gasteiger partial charge >= 0.3 is 0 Å². The van der Waals surface area contributed by atoms with Gasteiger partial charge in [0.2, 0.25) is 5.91 Å². The fourth-order valence-electron chi connectivity index (χ4n) is 1.75. The fourth-order valence-corrected chi connectivity index (χ4v) is 2.04. The van der Waals surface area contributed by atoms with E-state index in [1.807, 2.05) is 31.5 Å². The van der Waals surface area contributed by atoms with Crippen LogP contribution in [0.1, 0.15) is 32.5 Å². The van der Waals surface area contributed by atoms with Crippen LogP contribution in [-0.4, -0.2) is 15.5 Å². The van der Waals surface area contributed by atoms with E-state index < -0.39 is 0 Å². The van der Waals surface area contributed by atoms with Gasteiger partial charge in [-0.05, 0) is 24.6 Å². The molecule has 0 radical (unpaired) electrons. The van der Waals surface area contributed by atoms with Crippen LogP contribution < -0.4 is 5.73 Å². The van der Waals surface area contributed by atoms with Crippen molar-refractivity contribution >= 4 is 18.1 Å². The number of nitrogens with one attached hydrogen (secondary N) is 1. The van der Waals surface area contributed by atoms with E-state index in [2.05, 4.69) is 4.98 Å². The Kier molecular flexibility index (Phi) is 3.68. The largest absolute Gasteiger partial charge is 0.368 e. The second kappa shape index (κ2) is 4.61. The topological polar surface area (TPSA) is 63.8 Å². The number of nitrogens with two attached hydrogens (primary N) is 1. The SMILES string of the molecule is CCc1c[nH]c(=S)n1C(C(N)=O)C(C)C. The van der Waals surface area contributed by atoms with Crippen molar-refractivity contribution in [2.24, 2.45) is 11.7 Å². The molecule has 1 heterocycles. The highest BCUT2D eigenvalue weighted by Gasteiger charge is 2.23. The number of imidazole rings is 1. The minimum atomic E-state index is -0.362. The maximum absolute atomic E-state index is 11.4. The number of carbonyl (C=O) groups excluding carboxylic acids is 1. The van der Waals surface area contributed by atoms with Gasteiger partial charge in [-0.2, -0.15) is 0 Å². The van der Waals surface area contributed by atoms with Crippen molar-refractivity contribution in [1.82, 2.24) is 9.55 Å². The molecule has 84 valence electrons. The number of aryl methyl sites for hydroxylation is 1. The Bertz CT molecular complexity index is 405. The summed E-state index contributed by atoms with van der Waals surface area (Å²) >= 11 is 5.15. The van der Waals surface area contributed by atoms with Crippen molar-refractivity contribution in [3.8, 4) is 0 Å². The number of amides is 1. The van der Waals surface area contributed by atoms with E-state index in [9.17, 15) is 4.79 Å². The van der Waals surface area contributed by atoms with E-state index >= 15 is 0 Å². The molecule has 5 heteroatoms. The zero-order valence-electron chi connectivity index (χ0n) is 9.28. The molecule has 15 heavy (non-hydrogen) atoms. The molecule has 0 aliphatic heterocycles.